The number of methoxy groups -OCH3 is 1. The Hall–Kier alpha value is -3.41. The summed E-state index contributed by atoms with van der Waals surface area (Å²) in [6.45, 7) is 3.58. The van der Waals surface area contributed by atoms with Crippen LogP contribution in [-0.2, 0) is 4.79 Å². The summed E-state index contributed by atoms with van der Waals surface area (Å²) in [4.78, 5) is 14.9. The van der Waals surface area contributed by atoms with Gasteiger partial charge in [-0.2, -0.15) is 0 Å². The van der Waals surface area contributed by atoms with E-state index in [0.29, 0.717) is 6.54 Å². The molecule has 0 spiro atoms. The first kappa shape index (κ1) is 19.9. The zero-order valence-electron chi connectivity index (χ0n) is 17.3. The van der Waals surface area contributed by atoms with Crippen LogP contribution in [0, 0.1) is 12.8 Å². The van der Waals surface area contributed by atoms with Gasteiger partial charge in [-0.3, -0.25) is 4.79 Å². The molecule has 2 heterocycles. The molecule has 1 N–H and O–H groups in total. The highest BCUT2D eigenvalue weighted by molar-refractivity contribution is 5.93. The lowest BCUT2D eigenvalue weighted by Crippen LogP contribution is -2.41. The predicted molar refractivity (Wildman–Crippen MR) is 119 cm³/mol. The maximum atomic E-state index is 12.8. The number of carbonyl (C=O) groups excluding carboxylic acids is 1. The van der Waals surface area contributed by atoms with Gasteiger partial charge in [-0.25, -0.2) is 0 Å². The third-order valence-electron chi connectivity index (χ3n) is 5.45. The molecule has 4 rings (SSSR count). The number of nitrogens with zero attached hydrogens (tertiary/aromatic N) is 3. The lowest BCUT2D eigenvalue weighted by molar-refractivity contribution is -0.120. The summed E-state index contributed by atoms with van der Waals surface area (Å²) < 4.78 is 5.23. The smallest absolute Gasteiger partial charge is 0.229 e. The average Bonchev–Trinajstić information content (AvgIpc) is 2.80. The molecule has 154 valence electrons. The number of aryl methyl sites for hydroxylation is 1. The number of hydrogen-bond acceptors (Lipinski definition) is 5. The fourth-order valence-corrected chi connectivity index (χ4v) is 3.72. The quantitative estimate of drug-likeness (QED) is 0.689. The number of nitrogens with one attached hydrogen (secondary N) is 1. The summed E-state index contributed by atoms with van der Waals surface area (Å²) in [6, 6.07) is 19.7. The summed E-state index contributed by atoms with van der Waals surface area (Å²) in [5.74, 6) is 1.47. The van der Waals surface area contributed by atoms with Gasteiger partial charge in [-0.05, 0) is 44.0 Å². The summed E-state index contributed by atoms with van der Waals surface area (Å²) in [5.41, 5.74) is 3.87. The van der Waals surface area contributed by atoms with Crippen molar-refractivity contribution in [2.45, 2.75) is 19.8 Å². The molecular formula is C24H26N4O2. The molecule has 0 saturated carbocycles. The Bertz CT molecular complexity index is 1000. The number of amides is 1. The molecule has 1 fully saturated rings. The van der Waals surface area contributed by atoms with Gasteiger partial charge in [0.1, 0.15) is 5.75 Å². The largest absolute Gasteiger partial charge is 0.497 e. The van der Waals surface area contributed by atoms with Crippen LogP contribution in [0.5, 0.6) is 5.75 Å². The van der Waals surface area contributed by atoms with Crippen LogP contribution in [0.25, 0.3) is 11.3 Å². The molecular weight excluding hydrogens is 376 g/mol. The van der Waals surface area contributed by atoms with E-state index >= 15 is 0 Å². The Labute approximate surface area is 176 Å². The van der Waals surface area contributed by atoms with Gasteiger partial charge >= 0.3 is 0 Å². The van der Waals surface area contributed by atoms with Crippen LogP contribution < -0.4 is 15.0 Å². The summed E-state index contributed by atoms with van der Waals surface area (Å²) in [5, 5.41) is 11.8. The van der Waals surface area contributed by atoms with Crippen LogP contribution in [0.1, 0.15) is 18.4 Å². The summed E-state index contributed by atoms with van der Waals surface area (Å²) in [7, 11) is 1.62. The molecule has 1 saturated heterocycles. The Balaban J connectivity index is 1.41. The zero-order chi connectivity index (χ0) is 20.9. The second kappa shape index (κ2) is 8.95. The Kier molecular flexibility index (Phi) is 5.93. The molecule has 1 unspecified atom stereocenters. The van der Waals surface area contributed by atoms with Crippen molar-refractivity contribution in [3.05, 3.63) is 66.2 Å². The highest BCUT2D eigenvalue weighted by Gasteiger charge is 2.27. The van der Waals surface area contributed by atoms with E-state index in [2.05, 4.69) is 51.6 Å². The molecule has 1 aliphatic heterocycles. The maximum Gasteiger partial charge on any atom is 0.229 e. The van der Waals surface area contributed by atoms with Gasteiger partial charge in [0.05, 0.1) is 18.7 Å². The molecule has 1 aliphatic rings. The predicted octanol–water partition coefficient (Wildman–Crippen LogP) is 4.32. The second-order valence-electron chi connectivity index (χ2n) is 7.65. The Morgan fingerprint density at radius 2 is 1.93 bits per heavy atom. The number of benzene rings is 2. The molecule has 6 heteroatoms. The van der Waals surface area contributed by atoms with Gasteiger partial charge in [-0.1, -0.05) is 35.9 Å². The van der Waals surface area contributed by atoms with Gasteiger partial charge < -0.3 is 15.0 Å². The van der Waals surface area contributed by atoms with E-state index in [1.807, 2.05) is 36.4 Å². The average molecular weight is 402 g/mol. The number of carbonyl (C=O) groups is 1. The first-order valence-electron chi connectivity index (χ1n) is 10.2. The monoisotopic (exact) mass is 402 g/mol. The first-order valence-corrected chi connectivity index (χ1v) is 10.2. The van der Waals surface area contributed by atoms with E-state index in [-0.39, 0.29) is 11.8 Å². The maximum absolute atomic E-state index is 12.8. The number of anilines is 2. The standard InChI is InChI=1S/C24H26N4O2/c1-17-8-10-18(11-9-17)22-12-13-23(27-26-22)28-14-4-5-19(16-28)24(29)25-20-6-3-7-21(15-20)30-2/h3,6-13,15,19H,4-5,14,16H2,1-2H3,(H,25,29). The molecule has 1 atom stereocenters. The summed E-state index contributed by atoms with van der Waals surface area (Å²) in [6.07, 6.45) is 1.80. The van der Waals surface area contributed by atoms with Crippen LogP contribution in [0.4, 0.5) is 11.5 Å². The van der Waals surface area contributed by atoms with Crippen molar-refractivity contribution in [1.29, 1.82) is 0 Å². The summed E-state index contributed by atoms with van der Waals surface area (Å²) >= 11 is 0. The third kappa shape index (κ3) is 4.59. The van der Waals surface area contributed by atoms with Crippen LogP contribution in [0.2, 0.25) is 0 Å². The van der Waals surface area contributed by atoms with Crippen LogP contribution in [0.15, 0.2) is 60.7 Å². The minimum Gasteiger partial charge on any atom is -0.497 e. The normalized spacial score (nSPS) is 16.2. The minimum atomic E-state index is -0.0940. The molecule has 0 radical (unpaired) electrons. The fraction of sp³-hybridized carbons (Fsp3) is 0.292. The van der Waals surface area contributed by atoms with Crippen molar-refractivity contribution in [3.8, 4) is 17.0 Å². The number of ether oxygens (including phenoxy) is 1. The van der Waals surface area contributed by atoms with Crippen molar-refractivity contribution in [2.75, 3.05) is 30.4 Å². The Morgan fingerprint density at radius 1 is 1.10 bits per heavy atom. The SMILES string of the molecule is COc1cccc(NC(=O)C2CCCN(c3ccc(-c4ccc(C)cc4)nn3)C2)c1. The van der Waals surface area contributed by atoms with Crippen molar-refractivity contribution < 1.29 is 9.53 Å². The van der Waals surface area contributed by atoms with Gasteiger partial charge in [0.2, 0.25) is 5.91 Å². The molecule has 0 bridgehead atoms. The van der Waals surface area contributed by atoms with Gasteiger partial charge in [0.15, 0.2) is 5.82 Å². The van der Waals surface area contributed by atoms with Crippen molar-refractivity contribution >= 4 is 17.4 Å². The fourth-order valence-electron chi connectivity index (χ4n) is 3.72. The minimum absolute atomic E-state index is 0.0252. The van der Waals surface area contributed by atoms with Crippen LogP contribution in [-0.4, -0.2) is 36.3 Å². The van der Waals surface area contributed by atoms with Gasteiger partial charge in [0, 0.05) is 30.4 Å². The van der Waals surface area contributed by atoms with Crippen LogP contribution in [0.3, 0.4) is 0 Å². The van der Waals surface area contributed by atoms with Crippen molar-refractivity contribution in [1.82, 2.24) is 10.2 Å². The van der Waals surface area contributed by atoms with E-state index in [9.17, 15) is 4.79 Å². The zero-order valence-corrected chi connectivity index (χ0v) is 17.3. The molecule has 6 nitrogen and oxygen atoms in total. The number of aromatic nitrogens is 2. The van der Waals surface area contributed by atoms with Gasteiger partial charge in [-0.15, -0.1) is 10.2 Å². The molecule has 1 aromatic heterocycles. The van der Waals surface area contributed by atoms with Crippen molar-refractivity contribution in [3.63, 3.8) is 0 Å². The first-order chi connectivity index (χ1) is 14.6. The molecule has 0 aliphatic carbocycles. The molecule has 1 amide bonds. The topological polar surface area (TPSA) is 67.3 Å². The number of rotatable bonds is 5. The lowest BCUT2D eigenvalue weighted by atomic mass is 9.97. The molecule has 2 aromatic carbocycles. The highest BCUT2D eigenvalue weighted by Crippen LogP contribution is 2.25. The molecule has 30 heavy (non-hydrogen) atoms. The van der Waals surface area contributed by atoms with E-state index in [1.54, 1.807) is 7.11 Å². The lowest BCUT2D eigenvalue weighted by Gasteiger charge is -2.32. The van der Waals surface area contributed by atoms with E-state index in [0.717, 1.165) is 47.9 Å². The van der Waals surface area contributed by atoms with E-state index < -0.39 is 0 Å². The Morgan fingerprint density at radius 3 is 2.67 bits per heavy atom. The van der Waals surface area contributed by atoms with E-state index in [1.165, 1.54) is 5.56 Å². The van der Waals surface area contributed by atoms with Crippen molar-refractivity contribution in [2.24, 2.45) is 5.92 Å². The van der Waals surface area contributed by atoms with Crippen LogP contribution >= 0.6 is 0 Å². The number of hydrogen-bond donors (Lipinski definition) is 1. The molecule has 3 aromatic rings. The van der Waals surface area contributed by atoms with Gasteiger partial charge in [0.25, 0.3) is 0 Å². The second-order valence-corrected chi connectivity index (χ2v) is 7.65. The van der Waals surface area contributed by atoms with E-state index in [4.69, 9.17) is 4.74 Å². The number of piperidine rings is 1. The third-order valence-corrected chi connectivity index (χ3v) is 5.45. The highest BCUT2D eigenvalue weighted by atomic mass is 16.5.